The maximum Gasteiger partial charge on any atom is 0.323 e. The lowest BCUT2D eigenvalue weighted by atomic mass is 10.4. The second kappa shape index (κ2) is 5.83. The molecule has 0 radical (unpaired) electrons. The molecule has 2 rings (SSSR count). The van der Waals surface area contributed by atoms with Gasteiger partial charge in [-0.1, -0.05) is 0 Å². The summed E-state index contributed by atoms with van der Waals surface area (Å²) >= 11 is 1.73. The third-order valence-corrected chi connectivity index (χ3v) is 3.19. The summed E-state index contributed by atoms with van der Waals surface area (Å²) in [5.74, 6) is 0.574. The first-order valence-corrected chi connectivity index (χ1v) is 6.82. The van der Waals surface area contributed by atoms with Gasteiger partial charge in [-0.2, -0.15) is 15.0 Å². The van der Waals surface area contributed by atoms with Crippen LogP contribution in [0.4, 0.5) is 11.9 Å². The molecule has 0 saturated carbocycles. The van der Waals surface area contributed by atoms with E-state index >= 15 is 0 Å². The first-order chi connectivity index (χ1) is 9.02. The average Bonchev–Trinajstić information content (AvgIpc) is 2.71. The maximum absolute atomic E-state index is 5.63. The largest absolute Gasteiger partial charge is 0.461 e. The van der Waals surface area contributed by atoms with Gasteiger partial charge in [0.05, 0.1) is 12.6 Å². The number of aromatic nitrogens is 3. The fraction of sp³-hybridized carbons (Fsp3) is 0.417. The topological polar surface area (TPSA) is 86.0 Å². The van der Waals surface area contributed by atoms with E-state index in [0.29, 0.717) is 12.5 Å². The molecular formula is C12H17N5OS. The Morgan fingerprint density at radius 1 is 1.32 bits per heavy atom. The number of ether oxygens (including phenoxy) is 1. The Kier molecular flexibility index (Phi) is 4.16. The average molecular weight is 279 g/mol. The molecule has 0 spiro atoms. The second-order valence-corrected chi connectivity index (χ2v) is 5.70. The van der Waals surface area contributed by atoms with Crippen molar-refractivity contribution in [2.75, 3.05) is 11.1 Å². The van der Waals surface area contributed by atoms with E-state index < -0.39 is 0 Å². The van der Waals surface area contributed by atoms with Gasteiger partial charge in [0.15, 0.2) is 0 Å². The van der Waals surface area contributed by atoms with E-state index in [2.05, 4.69) is 39.3 Å². The van der Waals surface area contributed by atoms with Crippen LogP contribution in [0.3, 0.4) is 0 Å². The van der Waals surface area contributed by atoms with Crippen molar-refractivity contribution in [3.63, 3.8) is 0 Å². The van der Waals surface area contributed by atoms with E-state index in [-0.39, 0.29) is 18.1 Å². The van der Waals surface area contributed by atoms with Crippen molar-refractivity contribution in [1.82, 2.24) is 15.0 Å². The maximum atomic E-state index is 5.63. The number of rotatable bonds is 5. The fourth-order valence-corrected chi connectivity index (χ4v) is 2.29. The summed E-state index contributed by atoms with van der Waals surface area (Å²) in [5, 5.41) is 3.12. The van der Waals surface area contributed by atoms with Crippen LogP contribution in [0.2, 0.25) is 0 Å². The van der Waals surface area contributed by atoms with Crippen molar-refractivity contribution >= 4 is 23.2 Å². The molecule has 19 heavy (non-hydrogen) atoms. The van der Waals surface area contributed by atoms with E-state index in [4.69, 9.17) is 10.5 Å². The van der Waals surface area contributed by atoms with Gasteiger partial charge >= 0.3 is 6.01 Å². The van der Waals surface area contributed by atoms with Crippen molar-refractivity contribution in [2.45, 2.75) is 33.4 Å². The van der Waals surface area contributed by atoms with Crippen LogP contribution < -0.4 is 15.8 Å². The van der Waals surface area contributed by atoms with Gasteiger partial charge in [-0.05, 0) is 32.9 Å². The molecule has 0 aliphatic heterocycles. The third kappa shape index (κ3) is 4.06. The summed E-state index contributed by atoms with van der Waals surface area (Å²) in [6.45, 7) is 6.54. The summed E-state index contributed by atoms with van der Waals surface area (Å²) in [4.78, 5) is 14.6. The molecule has 0 aliphatic rings. The van der Waals surface area contributed by atoms with Crippen LogP contribution in [0.5, 0.6) is 6.01 Å². The molecule has 3 N–H and O–H groups in total. The molecule has 7 heteroatoms. The molecule has 0 saturated heterocycles. The summed E-state index contributed by atoms with van der Waals surface area (Å²) < 4.78 is 5.41. The Balaban J connectivity index is 2.05. The van der Waals surface area contributed by atoms with Crippen LogP contribution in [0.15, 0.2) is 12.1 Å². The highest BCUT2D eigenvalue weighted by atomic mass is 32.1. The van der Waals surface area contributed by atoms with Gasteiger partial charge in [0.25, 0.3) is 0 Å². The molecular weight excluding hydrogens is 262 g/mol. The van der Waals surface area contributed by atoms with E-state index in [1.54, 1.807) is 11.3 Å². The van der Waals surface area contributed by atoms with E-state index in [0.717, 1.165) is 0 Å². The molecule has 102 valence electrons. The number of aryl methyl sites for hydroxylation is 1. The van der Waals surface area contributed by atoms with Gasteiger partial charge in [-0.25, -0.2) is 0 Å². The smallest absolute Gasteiger partial charge is 0.323 e. The number of nitrogen functional groups attached to an aromatic ring is 1. The molecule has 0 atom stereocenters. The van der Waals surface area contributed by atoms with Crippen LogP contribution in [0, 0.1) is 6.92 Å². The van der Waals surface area contributed by atoms with Gasteiger partial charge in [-0.3, -0.25) is 0 Å². The lowest BCUT2D eigenvalue weighted by Crippen LogP contribution is -2.12. The zero-order chi connectivity index (χ0) is 13.8. The van der Waals surface area contributed by atoms with Crippen molar-refractivity contribution in [3.05, 3.63) is 21.9 Å². The summed E-state index contributed by atoms with van der Waals surface area (Å²) in [6, 6.07) is 4.40. The first-order valence-electron chi connectivity index (χ1n) is 6.00. The first kappa shape index (κ1) is 13.5. The number of hydrogen-bond acceptors (Lipinski definition) is 7. The van der Waals surface area contributed by atoms with Crippen LogP contribution in [-0.4, -0.2) is 21.1 Å². The van der Waals surface area contributed by atoms with Crippen LogP contribution in [0.1, 0.15) is 23.6 Å². The number of anilines is 2. The molecule has 0 bridgehead atoms. The van der Waals surface area contributed by atoms with Crippen molar-refractivity contribution in [3.8, 4) is 6.01 Å². The molecule has 0 unspecified atom stereocenters. The molecule has 0 amide bonds. The van der Waals surface area contributed by atoms with Gasteiger partial charge in [0.2, 0.25) is 11.9 Å². The Labute approximate surface area is 116 Å². The van der Waals surface area contributed by atoms with Crippen molar-refractivity contribution in [1.29, 1.82) is 0 Å². The second-order valence-electron chi connectivity index (χ2n) is 4.33. The predicted octanol–water partition coefficient (Wildman–Crippen LogP) is 2.22. The molecule has 0 aromatic carbocycles. The number of hydrogen-bond donors (Lipinski definition) is 2. The minimum absolute atomic E-state index is 0.00500. The highest BCUT2D eigenvalue weighted by molar-refractivity contribution is 7.11. The van der Waals surface area contributed by atoms with E-state index in [1.165, 1.54) is 9.75 Å². The highest BCUT2D eigenvalue weighted by Gasteiger charge is 2.07. The molecule has 2 heterocycles. The fourth-order valence-electron chi connectivity index (χ4n) is 1.46. The Bertz CT molecular complexity index is 555. The lowest BCUT2D eigenvalue weighted by molar-refractivity contribution is 0.222. The minimum atomic E-state index is -0.00500. The monoisotopic (exact) mass is 279 g/mol. The van der Waals surface area contributed by atoms with Crippen LogP contribution in [-0.2, 0) is 6.54 Å². The van der Waals surface area contributed by atoms with E-state index in [9.17, 15) is 0 Å². The SMILES string of the molecule is Cc1ccc(CNc2nc(N)nc(OC(C)C)n2)s1. The molecule has 0 fully saturated rings. The summed E-state index contributed by atoms with van der Waals surface area (Å²) in [7, 11) is 0. The van der Waals surface area contributed by atoms with Crippen molar-refractivity contribution < 1.29 is 4.74 Å². The quantitative estimate of drug-likeness (QED) is 0.872. The number of nitrogens with zero attached hydrogens (tertiary/aromatic N) is 3. The Morgan fingerprint density at radius 3 is 2.74 bits per heavy atom. The van der Waals surface area contributed by atoms with Crippen LogP contribution >= 0.6 is 11.3 Å². The summed E-state index contributed by atoms with van der Waals surface area (Å²) in [5.41, 5.74) is 5.63. The molecule has 0 aliphatic carbocycles. The third-order valence-electron chi connectivity index (χ3n) is 2.19. The van der Waals surface area contributed by atoms with Crippen molar-refractivity contribution in [2.24, 2.45) is 0 Å². The zero-order valence-corrected chi connectivity index (χ0v) is 12.0. The number of nitrogens with two attached hydrogens (primary N) is 1. The predicted molar refractivity (Wildman–Crippen MR) is 76.4 cm³/mol. The Morgan fingerprint density at radius 2 is 2.11 bits per heavy atom. The zero-order valence-electron chi connectivity index (χ0n) is 11.2. The number of nitrogens with one attached hydrogen (secondary N) is 1. The van der Waals surface area contributed by atoms with Gasteiger partial charge in [0, 0.05) is 9.75 Å². The molecule has 6 nitrogen and oxygen atoms in total. The highest BCUT2D eigenvalue weighted by Crippen LogP contribution is 2.17. The standard InChI is InChI=1S/C12H17N5OS/c1-7(2)18-12-16-10(13)15-11(17-12)14-6-9-5-4-8(3)19-9/h4-5,7H,6H2,1-3H3,(H3,13,14,15,16,17). The van der Waals surface area contributed by atoms with Gasteiger partial charge < -0.3 is 15.8 Å². The Hall–Kier alpha value is -1.89. The van der Waals surface area contributed by atoms with Crippen LogP contribution in [0.25, 0.3) is 0 Å². The lowest BCUT2D eigenvalue weighted by Gasteiger charge is -2.09. The molecule has 2 aromatic rings. The van der Waals surface area contributed by atoms with Gasteiger partial charge in [-0.15, -0.1) is 11.3 Å². The minimum Gasteiger partial charge on any atom is -0.461 e. The summed E-state index contributed by atoms with van der Waals surface area (Å²) in [6.07, 6.45) is -0.00500. The molecule has 2 aromatic heterocycles. The normalized spacial score (nSPS) is 10.7. The van der Waals surface area contributed by atoms with E-state index in [1.807, 2.05) is 13.8 Å². The number of thiophene rings is 1. The van der Waals surface area contributed by atoms with Gasteiger partial charge in [0.1, 0.15) is 0 Å².